The van der Waals surface area contributed by atoms with Crippen molar-refractivity contribution < 1.29 is 0 Å². The molecule has 0 radical (unpaired) electrons. The Labute approximate surface area is 171 Å². The highest BCUT2D eigenvalue weighted by molar-refractivity contribution is 5.85. The fourth-order valence-corrected chi connectivity index (χ4v) is 5.34. The SMILES string of the molecule is CN1CCC(N(C)c2ccccc2CN2CCC3(CCNCC3)C2)CC1.Cl. The molecule has 3 aliphatic rings. The molecule has 0 bridgehead atoms. The fraction of sp³-hybridized carbons (Fsp3) is 0.727. The van der Waals surface area contributed by atoms with Crippen molar-refractivity contribution in [3.05, 3.63) is 29.8 Å². The van der Waals surface area contributed by atoms with Gasteiger partial charge in [-0.1, -0.05) is 18.2 Å². The average Bonchev–Trinajstić information content (AvgIpc) is 3.04. The van der Waals surface area contributed by atoms with Gasteiger partial charge in [-0.2, -0.15) is 0 Å². The molecule has 4 rings (SSSR count). The summed E-state index contributed by atoms with van der Waals surface area (Å²) in [5, 5.41) is 3.54. The maximum atomic E-state index is 3.54. The zero-order chi connectivity index (χ0) is 18.0. The number of rotatable bonds is 4. The van der Waals surface area contributed by atoms with Crippen LogP contribution in [-0.2, 0) is 6.54 Å². The van der Waals surface area contributed by atoms with Crippen LogP contribution < -0.4 is 10.2 Å². The van der Waals surface area contributed by atoms with Crippen LogP contribution in [0.2, 0.25) is 0 Å². The summed E-state index contributed by atoms with van der Waals surface area (Å²) in [6.45, 7) is 8.54. The Kier molecular flexibility index (Phi) is 7.07. The van der Waals surface area contributed by atoms with Crippen LogP contribution in [0, 0.1) is 5.41 Å². The quantitative estimate of drug-likeness (QED) is 0.849. The number of para-hydroxylation sites is 1. The Morgan fingerprint density at radius 3 is 2.52 bits per heavy atom. The molecule has 3 saturated heterocycles. The highest BCUT2D eigenvalue weighted by Gasteiger charge is 2.38. The lowest BCUT2D eigenvalue weighted by molar-refractivity contribution is 0.194. The standard InChI is InChI=1S/C22H36N4.ClH/c1-24-14-7-20(8-15-24)25(2)21-6-4-3-5-19(21)17-26-16-11-22(18-26)9-12-23-13-10-22;/h3-6,20,23H,7-18H2,1-2H3;1H. The molecule has 3 heterocycles. The Balaban J connectivity index is 0.00000210. The van der Waals surface area contributed by atoms with Crippen molar-refractivity contribution in [1.29, 1.82) is 0 Å². The van der Waals surface area contributed by atoms with Crippen LogP contribution in [0.5, 0.6) is 0 Å². The van der Waals surface area contributed by atoms with Crippen LogP contribution >= 0.6 is 12.4 Å². The first-order valence-corrected chi connectivity index (χ1v) is 10.6. The van der Waals surface area contributed by atoms with Crippen LogP contribution in [0.3, 0.4) is 0 Å². The smallest absolute Gasteiger partial charge is 0.0411 e. The largest absolute Gasteiger partial charge is 0.371 e. The zero-order valence-electron chi connectivity index (χ0n) is 17.1. The lowest BCUT2D eigenvalue weighted by atomic mass is 9.78. The molecule has 3 aliphatic heterocycles. The number of hydrogen-bond acceptors (Lipinski definition) is 4. The zero-order valence-corrected chi connectivity index (χ0v) is 17.9. The minimum Gasteiger partial charge on any atom is -0.371 e. The molecule has 1 aromatic carbocycles. The molecule has 0 atom stereocenters. The van der Waals surface area contributed by atoms with Crippen molar-refractivity contribution in [3.8, 4) is 0 Å². The number of nitrogens with zero attached hydrogens (tertiary/aromatic N) is 3. The lowest BCUT2D eigenvalue weighted by Crippen LogP contribution is -2.42. The molecule has 0 unspecified atom stereocenters. The third-order valence-corrected chi connectivity index (χ3v) is 7.18. The molecule has 4 nitrogen and oxygen atoms in total. The van der Waals surface area contributed by atoms with Crippen LogP contribution in [0.1, 0.15) is 37.7 Å². The summed E-state index contributed by atoms with van der Waals surface area (Å²) in [4.78, 5) is 7.74. The minimum absolute atomic E-state index is 0. The highest BCUT2D eigenvalue weighted by atomic mass is 35.5. The highest BCUT2D eigenvalue weighted by Crippen LogP contribution is 2.39. The van der Waals surface area contributed by atoms with Crippen LogP contribution in [0.25, 0.3) is 0 Å². The average molecular weight is 393 g/mol. The van der Waals surface area contributed by atoms with E-state index in [0.29, 0.717) is 11.5 Å². The number of nitrogens with one attached hydrogen (secondary N) is 1. The second-order valence-corrected chi connectivity index (χ2v) is 8.98. The third-order valence-electron chi connectivity index (χ3n) is 7.18. The fourth-order valence-electron chi connectivity index (χ4n) is 5.34. The molecule has 152 valence electrons. The Morgan fingerprint density at radius 1 is 1.07 bits per heavy atom. The summed E-state index contributed by atoms with van der Waals surface area (Å²) in [7, 11) is 4.56. The lowest BCUT2D eigenvalue weighted by Gasteiger charge is -2.37. The van der Waals surface area contributed by atoms with E-state index >= 15 is 0 Å². The van der Waals surface area contributed by atoms with Gasteiger partial charge in [-0.05, 0) is 88.9 Å². The van der Waals surface area contributed by atoms with E-state index in [0.717, 1.165) is 6.54 Å². The summed E-state index contributed by atoms with van der Waals surface area (Å²) in [6, 6.07) is 9.81. The van der Waals surface area contributed by atoms with E-state index < -0.39 is 0 Å². The van der Waals surface area contributed by atoms with Gasteiger partial charge in [-0.15, -0.1) is 12.4 Å². The van der Waals surface area contributed by atoms with Crippen molar-refractivity contribution in [2.75, 3.05) is 58.3 Å². The van der Waals surface area contributed by atoms with Gasteiger partial charge < -0.3 is 15.1 Å². The van der Waals surface area contributed by atoms with E-state index in [1.54, 1.807) is 0 Å². The number of hydrogen-bond donors (Lipinski definition) is 1. The molecule has 5 heteroatoms. The van der Waals surface area contributed by atoms with Gasteiger partial charge in [0.1, 0.15) is 0 Å². The van der Waals surface area contributed by atoms with E-state index in [1.165, 1.54) is 82.6 Å². The van der Waals surface area contributed by atoms with E-state index in [-0.39, 0.29) is 12.4 Å². The second-order valence-electron chi connectivity index (χ2n) is 8.98. The van der Waals surface area contributed by atoms with Gasteiger partial charge in [0.25, 0.3) is 0 Å². The molecule has 0 aromatic heterocycles. The van der Waals surface area contributed by atoms with Gasteiger partial charge >= 0.3 is 0 Å². The number of likely N-dealkylation sites (tertiary alicyclic amines) is 2. The van der Waals surface area contributed by atoms with E-state index in [2.05, 4.69) is 58.4 Å². The molecule has 27 heavy (non-hydrogen) atoms. The first-order chi connectivity index (χ1) is 12.7. The monoisotopic (exact) mass is 392 g/mol. The summed E-state index contributed by atoms with van der Waals surface area (Å²) in [5.41, 5.74) is 3.56. The molecule has 1 aromatic rings. The van der Waals surface area contributed by atoms with E-state index in [9.17, 15) is 0 Å². The van der Waals surface area contributed by atoms with Gasteiger partial charge in [0.15, 0.2) is 0 Å². The van der Waals surface area contributed by atoms with Crippen LogP contribution in [0.4, 0.5) is 5.69 Å². The number of benzene rings is 1. The van der Waals surface area contributed by atoms with Gasteiger partial charge in [0, 0.05) is 31.9 Å². The van der Waals surface area contributed by atoms with E-state index in [1.807, 2.05) is 0 Å². The van der Waals surface area contributed by atoms with Crippen molar-refractivity contribution in [1.82, 2.24) is 15.1 Å². The Morgan fingerprint density at radius 2 is 1.78 bits per heavy atom. The molecule has 0 saturated carbocycles. The normalized spacial score (nSPS) is 24.1. The third kappa shape index (κ3) is 4.79. The maximum Gasteiger partial charge on any atom is 0.0411 e. The van der Waals surface area contributed by atoms with Crippen molar-refractivity contribution in [2.24, 2.45) is 5.41 Å². The maximum absolute atomic E-state index is 3.54. The molecular formula is C22H37ClN4. The number of piperidine rings is 2. The van der Waals surface area contributed by atoms with Crippen molar-refractivity contribution in [3.63, 3.8) is 0 Å². The predicted octanol–water partition coefficient (Wildman–Crippen LogP) is 3.21. The Hall–Kier alpha value is -0.810. The van der Waals surface area contributed by atoms with Crippen LogP contribution in [0.15, 0.2) is 24.3 Å². The summed E-state index contributed by atoms with van der Waals surface area (Å²) < 4.78 is 0. The Bertz CT molecular complexity index is 594. The minimum atomic E-state index is 0. The number of anilines is 1. The van der Waals surface area contributed by atoms with Gasteiger partial charge in [0.2, 0.25) is 0 Å². The molecule has 0 amide bonds. The molecule has 3 fully saturated rings. The summed E-state index contributed by atoms with van der Waals surface area (Å²) in [6.07, 6.45) is 6.67. The number of halogens is 1. The predicted molar refractivity (Wildman–Crippen MR) is 117 cm³/mol. The van der Waals surface area contributed by atoms with Crippen LogP contribution in [-0.4, -0.2) is 69.2 Å². The van der Waals surface area contributed by atoms with Gasteiger partial charge in [-0.3, -0.25) is 4.90 Å². The van der Waals surface area contributed by atoms with Gasteiger partial charge in [0.05, 0.1) is 0 Å². The first-order valence-electron chi connectivity index (χ1n) is 10.6. The molecular weight excluding hydrogens is 356 g/mol. The molecule has 1 N–H and O–H groups in total. The second kappa shape index (κ2) is 9.13. The van der Waals surface area contributed by atoms with Crippen molar-refractivity contribution >= 4 is 18.1 Å². The van der Waals surface area contributed by atoms with Crippen molar-refractivity contribution in [2.45, 2.75) is 44.7 Å². The summed E-state index contributed by atoms with van der Waals surface area (Å²) in [5.74, 6) is 0. The van der Waals surface area contributed by atoms with E-state index in [4.69, 9.17) is 0 Å². The topological polar surface area (TPSA) is 21.8 Å². The molecule has 1 spiro atoms. The molecule has 0 aliphatic carbocycles. The van der Waals surface area contributed by atoms with Gasteiger partial charge in [-0.25, -0.2) is 0 Å². The first kappa shape index (κ1) is 20.9. The summed E-state index contributed by atoms with van der Waals surface area (Å²) >= 11 is 0.